The van der Waals surface area contributed by atoms with Gasteiger partial charge in [-0.15, -0.1) is 0 Å². The fourth-order valence-electron chi connectivity index (χ4n) is 2.29. The molecule has 2 heteroatoms. The lowest BCUT2D eigenvalue weighted by molar-refractivity contribution is 0.621. The van der Waals surface area contributed by atoms with E-state index >= 15 is 0 Å². The molecule has 2 aromatic rings. The van der Waals surface area contributed by atoms with Gasteiger partial charge in [0.1, 0.15) is 5.82 Å². The van der Waals surface area contributed by atoms with E-state index in [1.165, 1.54) is 16.7 Å². The molecule has 0 aliphatic carbocycles. The normalized spacial score (nSPS) is 10.6. The highest BCUT2D eigenvalue weighted by molar-refractivity contribution is 9.10. The van der Waals surface area contributed by atoms with Crippen LogP contribution in [0.2, 0.25) is 0 Å². The summed E-state index contributed by atoms with van der Waals surface area (Å²) in [6.45, 7) is 6.20. The van der Waals surface area contributed by atoms with Crippen molar-refractivity contribution < 1.29 is 4.39 Å². The van der Waals surface area contributed by atoms with E-state index in [0.29, 0.717) is 4.47 Å². The third-order valence-corrected chi connectivity index (χ3v) is 3.53. The fraction of sp³-hybridized carbons (Fsp3) is 0.200. The highest BCUT2D eigenvalue weighted by Gasteiger charge is 2.08. The van der Waals surface area contributed by atoms with E-state index in [-0.39, 0.29) is 5.82 Å². The Kier molecular flexibility index (Phi) is 3.34. The smallest absolute Gasteiger partial charge is 0.137 e. The molecule has 0 aromatic heterocycles. The first-order valence-corrected chi connectivity index (χ1v) is 6.31. The van der Waals surface area contributed by atoms with Gasteiger partial charge in [0, 0.05) is 0 Å². The van der Waals surface area contributed by atoms with Crippen LogP contribution in [0.5, 0.6) is 0 Å². The maximum absolute atomic E-state index is 13.6. The molecule has 0 atom stereocenters. The maximum Gasteiger partial charge on any atom is 0.137 e. The Morgan fingerprint density at radius 2 is 1.53 bits per heavy atom. The van der Waals surface area contributed by atoms with Gasteiger partial charge >= 0.3 is 0 Å². The van der Waals surface area contributed by atoms with Crippen molar-refractivity contribution in [1.29, 1.82) is 0 Å². The van der Waals surface area contributed by atoms with Crippen LogP contribution in [0.25, 0.3) is 11.1 Å². The number of hydrogen-bond donors (Lipinski definition) is 0. The van der Waals surface area contributed by atoms with Crippen molar-refractivity contribution in [3.05, 3.63) is 57.3 Å². The van der Waals surface area contributed by atoms with Crippen molar-refractivity contribution >= 4 is 15.9 Å². The van der Waals surface area contributed by atoms with Crippen LogP contribution in [0.15, 0.2) is 34.8 Å². The predicted molar refractivity (Wildman–Crippen MR) is 73.7 cm³/mol. The van der Waals surface area contributed by atoms with Gasteiger partial charge in [-0.2, -0.15) is 0 Å². The van der Waals surface area contributed by atoms with Crippen molar-refractivity contribution in [2.24, 2.45) is 0 Å². The molecule has 0 saturated carbocycles. The second kappa shape index (κ2) is 4.61. The second-order valence-electron chi connectivity index (χ2n) is 4.40. The topological polar surface area (TPSA) is 0 Å². The fourth-order valence-corrected chi connectivity index (χ4v) is 2.53. The number of hydrogen-bond acceptors (Lipinski definition) is 0. The Morgan fingerprint density at radius 3 is 2.06 bits per heavy atom. The van der Waals surface area contributed by atoms with Crippen molar-refractivity contribution in [3.63, 3.8) is 0 Å². The summed E-state index contributed by atoms with van der Waals surface area (Å²) in [5.41, 5.74) is 5.66. The van der Waals surface area contributed by atoms with Gasteiger partial charge < -0.3 is 0 Å². The SMILES string of the molecule is Cc1cc(C)c(-c2ccc(Br)c(F)c2)c(C)c1. The Morgan fingerprint density at radius 1 is 0.941 bits per heavy atom. The van der Waals surface area contributed by atoms with Gasteiger partial charge in [0.25, 0.3) is 0 Å². The Balaban J connectivity index is 2.64. The number of benzene rings is 2. The van der Waals surface area contributed by atoms with E-state index in [1.54, 1.807) is 12.1 Å². The molecule has 17 heavy (non-hydrogen) atoms. The molecule has 0 aliphatic heterocycles. The molecule has 0 aliphatic rings. The van der Waals surface area contributed by atoms with E-state index < -0.39 is 0 Å². The van der Waals surface area contributed by atoms with Crippen LogP contribution in [0, 0.1) is 26.6 Å². The van der Waals surface area contributed by atoms with Crippen molar-refractivity contribution in [3.8, 4) is 11.1 Å². The Labute approximate surface area is 110 Å². The molecule has 0 N–H and O–H groups in total. The van der Waals surface area contributed by atoms with E-state index in [0.717, 1.165) is 11.1 Å². The highest BCUT2D eigenvalue weighted by Crippen LogP contribution is 2.30. The molecular weight excluding hydrogens is 279 g/mol. The first-order valence-electron chi connectivity index (χ1n) is 5.52. The molecule has 0 radical (unpaired) electrons. The summed E-state index contributed by atoms with van der Waals surface area (Å²) < 4.78 is 14.1. The quantitative estimate of drug-likeness (QED) is 0.679. The molecule has 0 spiro atoms. The van der Waals surface area contributed by atoms with Crippen LogP contribution in [0.3, 0.4) is 0 Å². The molecule has 0 unspecified atom stereocenters. The van der Waals surface area contributed by atoms with Crippen LogP contribution in [0.1, 0.15) is 16.7 Å². The van der Waals surface area contributed by atoms with Gasteiger partial charge in [0.05, 0.1) is 4.47 Å². The van der Waals surface area contributed by atoms with Crippen molar-refractivity contribution in [2.75, 3.05) is 0 Å². The minimum absolute atomic E-state index is 0.220. The zero-order chi connectivity index (χ0) is 12.6. The molecule has 2 rings (SSSR count). The summed E-state index contributed by atoms with van der Waals surface area (Å²) in [5, 5.41) is 0. The van der Waals surface area contributed by atoms with E-state index in [1.807, 2.05) is 6.07 Å². The summed E-state index contributed by atoms with van der Waals surface area (Å²) in [5.74, 6) is -0.220. The number of halogens is 2. The molecule has 0 nitrogen and oxygen atoms in total. The first-order chi connectivity index (χ1) is 7.99. The lowest BCUT2D eigenvalue weighted by atomic mass is 9.94. The minimum atomic E-state index is -0.220. The summed E-state index contributed by atoms with van der Waals surface area (Å²) >= 11 is 3.18. The third-order valence-electron chi connectivity index (χ3n) is 2.89. The maximum atomic E-state index is 13.6. The van der Waals surface area contributed by atoms with Crippen LogP contribution in [-0.2, 0) is 0 Å². The zero-order valence-corrected chi connectivity index (χ0v) is 11.7. The average Bonchev–Trinajstić information content (AvgIpc) is 2.21. The van der Waals surface area contributed by atoms with Crippen LogP contribution < -0.4 is 0 Å². The molecule has 0 fully saturated rings. The Bertz CT molecular complexity index is 550. The molecule has 0 saturated heterocycles. The molecule has 2 aromatic carbocycles. The monoisotopic (exact) mass is 292 g/mol. The van der Waals surface area contributed by atoms with Gasteiger partial charge in [-0.05, 0) is 71.1 Å². The summed E-state index contributed by atoms with van der Waals surface area (Å²) in [4.78, 5) is 0. The van der Waals surface area contributed by atoms with Gasteiger partial charge in [-0.3, -0.25) is 0 Å². The molecule has 0 bridgehead atoms. The number of aryl methyl sites for hydroxylation is 3. The van der Waals surface area contributed by atoms with E-state index in [2.05, 4.69) is 48.8 Å². The summed E-state index contributed by atoms with van der Waals surface area (Å²) in [7, 11) is 0. The zero-order valence-electron chi connectivity index (χ0n) is 10.1. The van der Waals surface area contributed by atoms with Crippen LogP contribution >= 0.6 is 15.9 Å². The van der Waals surface area contributed by atoms with Gasteiger partial charge in [0.15, 0.2) is 0 Å². The summed E-state index contributed by atoms with van der Waals surface area (Å²) in [6, 6.07) is 9.53. The minimum Gasteiger partial charge on any atom is -0.206 e. The molecular formula is C15H14BrF. The Hall–Kier alpha value is -1.15. The first kappa shape index (κ1) is 12.3. The van der Waals surface area contributed by atoms with Crippen molar-refractivity contribution in [1.82, 2.24) is 0 Å². The molecule has 88 valence electrons. The highest BCUT2D eigenvalue weighted by atomic mass is 79.9. The standard InChI is InChI=1S/C15H14BrF/c1-9-6-10(2)15(11(3)7-9)12-4-5-13(16)14(17)8-12/h4-8H,1-3H3. The van der Waals surface area contributed by atoms with Gasteiger partial charge in [-0.1, -0.05) is 23.8 Å². The average molecular weight is 293 g/mol. The lowest BCUT2D eigenvalue weighted by Crippen LogP contribution is -1.91. The predicted octanol–water partition coefficient (Wildman–Crippen LogP) is 5.18. The van der Waals surface area contributed by atoms with Crippen molar-refractivity contribution in [2.45, 2.75) is 20.8 Å². The molecule has 0 heterocycles. The summed E-state index contributed by atoms with van der Waals surface area (Å²) in [6.07, 6.45) is 0. The third kappa shape index (κ3) is 2.42. The van der Waals surface area contributed by atoms with E-state index in [4.69, 9.17) is 0 Å². The number of rotatable bonds is 1. The second-order valence-corrected chi connectivity index (χ2v) is 5.26. The molecule has 0 amide bonds. The van der Waals surface area contributed by atoms with Gasteiger partial charge in [-0.25, -0.2) is 4.39 Å². The van der Waals surface area contributed by atoms with Crippen LogP contribution in [-0.4, -0.2) is 0 Å². The van der Waals surface area contributed by atoms with Gasteiger partial charge in [0.2, 0.25) is 0 Å². The lowest BCUT2D eigenvalue weighted by Gasteiger charge is -2.12. The van der Waals surface area contributed by atoms with E-state index in [9.17, 15) is 4.39 Å². The largest absolute Gasteiger partial charge is 0.206 e. The van der Waals surface area contributed by atoms with Crippen LogP contribution in [0.4, 0.5) is 4.39 Å².